The summed E-state index contributed by atoms with van der Waals surface area (Å²) in [5.41, 5.74) is 12.6. The van der Waals surface area contributed by atoms with Crippen LogP contribution < -0.4 is 24.7 Å². The number of amides is 1. The molecular weight excluding hydrogens is 602 g/mol. The van der Waals surface area contributed by atoms with Crippen molar-refractivity contribution in [3.63, 3.8) is 0 Å². The third-order valence-corrected chi connectivity index (χ3v) is 8.52. The van der Waals surface area contributed by atoms with Crippen LogP contribution in [0.1, 0.15) is 49.8 Å². The van der Waals surface area contributed by atoms with Crippen molar-refractivity contribution in [2.24, 2.45) is 0 Å². The first-order chi connectivity index (χ1) is 23.4. The second-order valence-electron chi connectivity index (χ2n) is 11.6. The number of hydrogen-bond acceptors (Lipinski definition) is 7. The minimum absolute atomic E-state index is 0.192. The van der Waals surface area contributed by atoms with Crippen LogP contribution in [0.15, 0.2) is 109 Å². The van der Waals surface area contributed by atoms with Gasteiger partial charge in [0.05, 0.1) is 25.8 Å². The SMILES string of the molecule is COc1cc(C)c(/C=C/C2c3cc(OC)c(OCc4ccccc4)cc3CCN2C(=O)c2cccnc2N)cc1OCc1ccccc1. The van der Waals surface area contributed by atoms with Crippen LogP contribution in [0.25, 0.3) is 6.08 Å². The van der Waals surface area contributed by atoms with E-state index in [1.807, 2.05) is 109 Å². The topological polar surface area (TPSA) is 96.1 Å². The van der Waals surface area contributed by atoms with Gasteiger partial charge in [0.2, 0.25) is 0 Å². The second-order valence-corrected chi connectivity index (χ2v) is 11.6. The minimum atomic E-state index is -0.423. The molecule has 1 unspecified atom stereocenters. The van der Waals surface area contributed by atoms with Gasteiger partial charge in [0.1, 0.15) is 19.0 Å². The van der Waals surface area contributed by atoms with E-state index >= 15 is 0 Å². The highest BCUT2D eigenvalue weighted by atomic mass is 16.5. The second kappa shape index (κ2) is 14.8. The van der Waals surface area contributed by atoms with Crippen molar-refractivity contribution in [1.29, 1.82) is 0 Å². The average Bonchev–Trinajstić information content (AvgIpc) is 3.13. The molecule has 6 rings (SSSR count). The summed E-state index contributed by atoms with van der Waals surface area (Å²) in [5.74, 6) is 2.54. The lowest BCUT2D eigenvalue weighted by molar-refractivity contribution is 0.0701. The average molecular weight is 642 g/mol. The predicted octanol–water partition coefficient (Wildman–Crippen LogP) is 7.60. The van der Waals surface area contributed by atoms with E-state index < -0.39 is 6.04 Å². The first-order valence-electron chi connectivity index (χ1n) is 15.9. The van der Waals surface area contributed by atoms with Crippen LogP contribution in [0.2, 0.25) is 0 Å². The Balaban J connectivity index is 1.36. The van der Waals surface area contributed by atoms with Crippen molar-refractivity contribution in [3.05, 3.63) is 148 Å². The van der Waals surface area contributed by atoms with Gasteiger partial charge in [0.15, 0.2) is 23.0 Å². The molecule has 1 aliphatic heterocycles. The Labute approximate surface area is 281 Å². The van der Waals surface area contributed by atoms with E-state index in [0.717, 1.165) is 33.4 Å². The number of carbonyl (C=O) groups excluding carboxylic acids is 1. The number of carbonyl (C=O) groups is 1. The Kier molecular flexibility index (Phi) is 9.91. The summed E-state index contributed by atoms with van der Waals surface area (Å²) in [6.45, 7) is 3.32. The van der Waals surface area contributed by atoms with Crippen molar-refractivity contribution in [1.82, 2.24) is 9.88 Å². The summed E-state index contributed by atoms with van der Waals surface area (Å²) >= 11 is 0. The molecule has 1 atom stereocenters. The molecule has 48 heavy (non-hydrogen) atoms. The Morgan fingerprint density at radius 1 is 0.833 bits per heavy atom. The summed E-state index contributed by atoms with van der Waals surface area (Å²) in [5, 5.41) is 0. The molecule has 1 aliphatic rings. The number of methoxy groups -OCH3 is 2. The van der Waals surface area contributed by atoms with Crippen LogP contribution in [0.5, 0.6) is 23.0 Å². The number of nitrogen functional groups attached to an aromatic ring is 1. The molecule has 4 aromatic carbocycles. The molecule has 244 valence electrons. The highest BCUT2D eigenvalue weighted by Gasteiger charge is 2.32. The molecule has 0 radical (unpaired) electrons. The zero-order valence-corrected chi connectivity index (χ0v) is 27.4. The van der Waals surface area contributed by atoms with Gasteiger partial charge in [-0.3, -0.25) is 4.79 Å². The Morgan fingerprint density at radius 2 is 1.46 bits per heavy atom. The molecule has 8 heteroatoms. The molecule has 2 N–H and O–H groups in total. The van der Waals surface area contributed by atoms with Crippen LogP contribution in [0.3, 0.4) is 0 Å². The maximum Gasteiger partial charge on any atom is 0.258 e. The number of ether oxygens (including phenoxy) is 4. The standard InChI is InChI=1S/C40H39N3O5/c1-27-21-35(45-2)37(47-25-28-11-6-4-7-12-28)22-30(27)16-17-34-33-24-36(46-3)38(48-26-29-13-8-5-9-14-29)23-31(33)18-20-43(34)40(44)32-15-10-19-42-39(32)41/h4-17,19,21-24,34H,18,20,25-26H2,1-3H3,(H2,41,42)/b17-16+. The normalized spacial score (nSPS) is 14.0. The molecule has 0 spiro atoms. The number of aryl methyl sites for hydroxylation is 1. The molecular formula is C40H39N3O5. The van der Waals surface area contributed by atoms with E-state index in [0.29, 0.717) is 54.7 Å². The van der Waals surface area contributed by atoms with E-state index in [1.165, 1.54) is 0 Å². The van der Waals surface area contributed by atoms with Gasteiger partial charge in [-0.25, -0.2) is 4.98 Å². The first-order valence-corrected chi connectivity index (χ1v) is 15.9. The van der Waals surface area contributed by atoms with E-state index in [2.05, 4.69) is 4.98 Å². The van der Waals surface area contributed by atoms with Gasteiger partial charge in [-0.2, -0.15) is 0 Å². The zero-order valence-electron chi connectivity index (χ0n) is 27.4. The number of benzene rings is 4. The Morgan fingerprint density at radius 3 is 2.08 bits per heavy atom. The summed E-state index contributed by atoms with van der Waals surface area (Å²) < 4.78 is 23.9. The maximum absolute atomic E-state index is 14.0. The van der Waals surface area contributed by atoms with Crippen LogP contribution in [0.4, 0.5) is 5.82 Å². The summed E-state index contributed by atoms with van der Waals surface area (Å²) in [6.07, 6.45) is 6.29. The number of pyridine rings is 1. The maximum atomic E-state index is 14.0. The number of nitrogens with two attached hydrogens (primary N) is 1. The number of nitrogens with zero attached hydrogens (tertiary/aromatic N) is 2. The quantitative estimate of drug-likeness (QED) is 0.159. The smallest absolute Gasteiger partial charge is 0.258 e. The lowest BCUT2D eigenvalue weighted by atomic mass is 9.90. The van der Waals surface area contributed by atoms with Gasteiger partial charge >= 0.3 is 0 Å². The summed E-state index contributed by atoms with van der Waals surface area (Å²) in [7, 11) is 3.26. The molecule has 5 aromatic rings. The van der Waals surface area contributed by atoms with E-state index in [-0.39, 0.29) is 11.7 Å². The first kappa shape index (κ1) is 32.2. The van der Waals surface area contributed by atoms with Gasteiger partial charge in [-0.05, 0) is 83.1 Å². The number of hydrogen-bond donors (Lipinski definition) is 1. The van der Waals surface area contributed by atoms with E-state index in [1.54, 1.807) is 32.5 Å². The molecule has 0 aliphatic carbocycles. The fourth-order valence-corrected chi connectivity index (χ4v) is 5.91. The van der Waals surface area contributed by atoms with Gasteiger partial charge < -0.3 is 29.6 Å². The van der Waals surface area contributed by atoms with E-state index in [9.17, 15) is 4.79 Å². The van der Waals surface area contributed by atoms with Crippen molar-refractivity contribution in [2.45, 2.75) is 32.6 Å². The molecule has 0 saturated heterocycles. The zero-order chi connectivity index (χ0) is 33.5. The molecule has 1 aromatic heterocycles. The molecule has 8 nitrogen and oxygen atoms in total. The fourth-order valence-electron chi connectivity index (χ4n) is 5.91. The molecule has 0 saturated carbocycles. The minimum Gasteiger partial charge on any atom is -0.493 e. The largest absolute Gasteiger partial charge is 0.493 e. The van der Waals surface area contributed by atoms with Crippen molar-refractivity contribution >= 4 is 17.8 Å². The lowest BCUT2D eigenvalue weighted by Gasteiger charge is -2.36. The van der Waals surface area contributed by atoms with Crippen LogP contribution in [-0.4, -0.2) is 36.6 Å². The predicted molar refractivity (Wildman–Crippen MR) is 187 cm³/mol. The fraction of sp³-hybridized carbons (Fsp3) is 0.200. The molecule has 1 amide bonds. The van der Waals surface area contributed by atoms with Crippen LogP contribution >= 0.6 is 0 Å². The van der Waals surface area contributed by atoms with Gasteiger partial charge in [-0.15, -0.1) is 0 Å². The van der Waals surface area contributed by atoms with Gasteiger partial charge in [-0.1, -0.05) is 72.8 Å². The van der Waals surface area contributed by atoms with Crippen molar-refractivity contribution in [2.75, 3.05) is 26.5 Å². The lowest BCUT2D eigenvalue weighted by Crippen LogP contribution is -2.39. The highest BCUT2D eigenvalue weighted by molar-refractivity contribution is 5.98. The van der Waals surface area contributed by atoms with Crippen molar-refractivity contribution < 1.29 is 23.7 Å². The third-order valence-electron chi connectivity index (χ3n) is 8.52. The van der Waals surface area contributed by atoms with Crippen molar-refractivity contribution in [3.8, 4) is 23.0 Å². The van der Waals surface area contributed by atoms with Crippen LogP contribution in [0, 0.1) is 6.92 Å². The van der Waals surface area contributed by atoms with Gasteiger partial charge in [0.25, 0.3) is 5.91 Å². The highest BCUT2D eigenvalue weighted by Crippen LogP contribution is 2.41. The number of anilines is 1. The monoisotopic (exact) mass is 641 g/mol. The molecule has 0 fully saturated rings. The molecule has 2 heterocycles. The summed E-state index contributed by atoms with van der Waals surface area (Å²) in [4.78, 5) is 20.0. The number of fused-ring (bicyclic) bond motifs is 1. The third kappa shape index (κ3) is 7.13. The number of aromatic nitrogens is 1. The Hall–Kier alpha value is -5.76. The van der Waals surface area contributed by atoms with Crippen LogP contribution in [-0.2, 0) is 19.6 Å². The number of rotatable bonds is 11. The van der Waals surface area contributed by atoms with E-state index in [4.69, 9.17) is 24.7 Å². The Bertz CT molecular complexity index is 1910. The molecule has 0 bridgehead atoms. The van der Waals surface area contributed by atoms with Gasteiger partial charge in [0, 0.05) is 12.7 Å². The summed E-state index contributed by atoms with van der Waals surface area (Å²) in [6, 6.07) is 31.0.